The van der Waals surface area contributed by atoms with E-state index in [0.29, 0.717) is 6.61 Å². The summed E-state index contributed by atoms with van der Waals surface area (Å²) in [5.41, 5.74) is 0.831. The van der Waals surface area contributed by atoms with Crippen LogP contribution < -0.4 is 0 Å². The van der Waals surface area contributed by atoms with Crippen LogP contribution in [0.3, 0.4) is 0 Å². The monoisotopic (exact) mass is 178 g/mol. The second-order valence-electron chi connectivity index (χ2n) is 1.48. The first-order valence-corrected chi connectivity index (χ1v) is 2.89. The maximum Gasteiger partial charge on any atom is 0.374 e. The molecule has 0 unspecified atom stereocenters. The Morgan fingerprint density at radius 2 is 2.38 bits per heavy atom. The van der Waals surface area contributed by atoms with E-state index in [9.17, 15) is 4.79 Å². The molecule has 0 aliphatic carbocycles. The second-order valence-corrected chi connectivity index (χ2v) is 2.13. The van der Waals surface area contributed by atoms with Crippen molar-refractivity contribution < 1.29 is 9.53 Å². The van der Waals surface area contributed by atoms with Crippen LogP contribution in [0.25, 0.3) is 0 Å². The van der Waals surface area contributed by atoms with Gasteiger partial charge >= 0.3 is 4.88 Å². The average molecular weight is 179 g/mol. The van der Waals surface area contributed by atoms with Gasteiger partial charge in [-0.1, -0.05) is 6.58 Å². The molecular formula is C5H7BrO2. The smallest absolute Gasteiger partial charge is 0.374 e. The van der Waals surface area contributed by atoms with E-state index in [2.05, 4.69) is 27.2 Å². The Morgan fingerprint density at radius 3 is 2.50 bits per heavy atom. The molecule has 0 aromatic rings. The van der Waals surface area contributed by atoms with Crippen molar-refractivity contribution in [2.24, 2.45) is 0 Å². The van der Waals surface area contributed by atoms with E-state index in [0.717, 1.165) is 5.57 Å². The molecule has 0 saturated carbocycles. The highest BCUT2D eigenvalue weighted by atomic mass is 79.9. The molecule has 0 heterocycles. The molecule has 0 N–H and O–H groups in total. The number of hydrogen-bond donors (Lipinski definition) is 0. The van der Waals surface area contributed by atoms with Crippen LogP contribution in [0.5, 0.6) is 0 Å². The van der Waals surface area contributed by atoms with Crippen molar-refractivity contribution in [2.45, 2.75) is 6.92 Å². The molecule has 0 aromatic carbocycles. The predicted molar refractivity (Wildman–Crippen MR) is 35.1 cm³/mol. The summed E-state index contributed by atoms with van der Waals surface area (Å²) in [5.74, 6) is 0. The van der Waals surface area contributed by atoms with Crippen molar-refractivity contribution in [2.75, 3.05) is 6.61 Å². The van der Waals surface area contributed by atoms with Crippen LogP contribution in [0.1, 0.15) is 6.92 Å². The quantitative estimate of drug-likeness (QED) is 0.479. The van der Waals surface area contributed by atoms with Gasteiger partial charge in [0.25, 0.3) is 0 Å². The van der Waals surface area contributed by atoms with Crippen LogP contribution in [0, 0.1) is 0 Å². The third-order valence-corrected chi connectivity index (χ3v) is 0.661. The first-order chi connectivity index (χ1) is 3.63. The lowest BCUT2D eigenvalue weighted by Crippen LogP contribution is -1.95. The number of halogens is 1. The van der Waals surface area contributed by atoms with E-state index in [4.69, 9.17) is 0 Å². The average Bonchev–Trinajstić information content (AvgIpc) is 1.61. The maximum absolute atomic E-state index is 10.0. The Bertz CT molecular complexity index is 95.0. The van der Waals surface area contributed by atoms with Crippen molar-refractivity contribution in [3.63, 3.8) is 0 Å². The summed E-state index contributed by atoms with van der Waals surface area (Å²) in [7, 11) is 0. The van der Waals surface area contributed by atoms with E-state index in [1.165, 1.54) is 0 Å². The van der Waals surface area contributed by atoms with Gasteiger partial charge < -0.3 is 4.74 Å². The molecule has 0 bridgehead atoms. The molecule has 0 fully saturated rings. The summed E-state index contributed by atoms with van der Waals surface area (Å²) in [5, 5.41) is 0. The van der Waals surface area contributed by atoms with Crippen molar-refractivity contribution >= 4 is 20.8 Å². The fourth-order valence-electron chi connectivity index (χ4n) is 0.180. The predicted octanol–water partition coefficient (Wildman–Crippen LogP) is 2.09. The molecule has 0 amide bonds. The zero-order valence-corrected chi connectivity index (χ0v) is 6.19. The van der Waals surface area contributed by atoms with Gasteiger partial charge in [-0.3, -0.25) is 0 Å². The molecule has 0 atom stereocenters. The number of hydrogen-bond acceptors (Lipinski definition) is 2. The summed E-state index contributed by atoms with van der Waals surface area (Å²) in [6.07, 6.45) is 0. The molecular weight excluding hydrogens is 172 g/mol. The second kappa shape index (κ2) is 3.66. The van der Waals surface area contributed by atoms with Gasteiger partial charge in [-0.25, -0.2) is 4.79 Å². The fourth-order valence-corrected chi connectivity index (χ4v) is 0.294. The van der Waals surface area contributed by atoms with Crippen LogP contribution in [0.4, 0.5) is 4.79 Å². The molecule has 2 nitrogen and oxygen atoms in total. The van der Waals surface area contributed by atoms with E-state index >= 15 is 0 Å². The summed E-state index contributed by atoms with van der Waals surface area (Å²) >= 11 is 2.60. The summed E-state index contributed by atoms with van der Waals surface area (Å²) in [4.78, 5) is 9.56. The Labute approximate surface area is 56.7 Å². The highest BCUT2D eigenvalue weighted by Crippen LogP contribution is 1.94. The zero-order valence-electron chi connectivity index (χ0n) is 4.61. The molecule has 0 saturated heterocycles. The molecule has 0 rings (SSSR count). The third kappa shape index (κ3) is 5.69. The largest absolute Gasteiger partial charge is 0.453 e. The lowest BCUT2D eigenvalue weighted by Gasteiger charge is -1.95. The highest BCUT2D eigenvalue weighted by Gasteiger charge is 1.91. The van der Waals surface area contributed by atoms with Gasteiger partial charge in [-0.2, -0.15) is 0 Å². The highest BCUT2D eigenvalue weighted by molar-refractivity contribution is 9.18. The molecule has 0 aromatic heterocycles. The normalized spacial score (nSPS) is 8.25. The van der Waals surface area contributed by atoms with Crippen molar-refractivity contribution in [3.8, 4) is 0 Å². The minimum atomic E-state index is -0.444. The van der Waals surface area contributed by atoms with Gasteiger partial charge in [0, 0.05) is 15.9 Å². The molecule has 0 aliphatic rings. The van der Waals surface area contributed by atoms with Gasteiger partial charge in [-0.05, 0) is 12.5 Å². The summed E-state index contributed by atoms with van der Waals surface area (Å²) in [6, 6.07) is 0. The zero-order chi connectivity index (χ0) is 6.57. The van der Waals surface area contributed by atoms with Gasteiger partial charge in [0.2, 0.25) is 0 Å². The van der Waals surface area contributed by atoms with Crippen molar-refractivity contribution in [1.82, 2.24) is 0 Å². The third-order valence-electron chi connectivity index (χ3n) is 0.432. The number of rotatable bonds is 2. The van der Waals surface area contributed by atoms with E-state index in [-0.39, 0.29) is 0 Å². The minimum absolute atomic E-state index is 0.296. The van der Waals surface area contributed by atoms with Crippen LogP contribution in [0.15, 0.2) is 12.2 Å². The fraction of sp³-hybridized carbons (Fsp3) is 0.400. The van der Waals surface area contributed by atoms with Gasteiger partial charge in [0.15, 0.2) is 0 Å². The number of carbonyl (C=O) groups is 1. The molecule has 8 heavy (non-hydrogen) atoms. The Hall–Kier alpha value is -0.310. The standard InChI is InChI=1S/C5H7BrO2/c1-4(2)3-8-5(6)7/h1,3H2,2H3. The van der Waals surface area contributed by atoms with E-state index in [1.54, 1.807) is 6.92 Å². The minimum Gasteiger partial charge on any atom is -0.453 e. The first-order valence-electron chi connectivity index (χ1n) is 2.09. The Balaban J connectivity index is 3.18. The van der Waals surface area contributed by atoms with Gasteiger partial charge in [0.05, 0.1) is 0 Å². The lowest BCUT2D eigenvalue weighted by molar-refractivity contribution is 0.187. The molecule has 0 aliphatic heterocycles. The van der Waals surface area contributed by atoms with Crippen LogP contribution in [0.2, 0.25) is 0 Å². The summed E-state index contributed by atoms with van der Waals surface area (Å²) < 4.78 is 4.48. The molecule has 0 radical (unpaired) electrons. The summed E-state index contributed by atoms with van der Waals surface area (Å²) in [6.45, 7) is 5.61. The number of carbonyl (C=O) groups excluding carboxylic acids is 1. The maximum atomic E-state index is 10.0. The first kappa shape index (κ1) is 7.69. The SMILES string of the molecule is C=C(C)COC(=O)Br. The van der Waals surface area contributed by atoms with E-state index < -0.39 is 4.88 Å². The van der Waals surface area contributed by atoms with Gasteiger partial charge in [0.1, 0.15) is 6.61 Å². The van der Waals surface area contributed by atoms with Crippen molar-refractivity contribution in [3.05, 3.63) is 12.2 Å². The van der Waals surface area contributed by atoms with Crippen LogP contribution in [-0.2, 0) is 4.74 Å². The van der Waals surface area contributed by atoms with Crippen molar-refractivity contribution in [1.29, 1.82) is 0 Å². The van der Waals surface area contributed by atoms with Crippen LogP contribution >= 0.6 is 15.9 Å². The van der Waals surface area contributed by atoms with Crippen LogP contribution in [-0.4, -0.2) is 11.5 Å². The van der Waals surface area contributed by atoms with E-state index in [1.807, 2.05) is 0 Å². The van der Waals surface area contributed by atoms with Gasteiger partial charge in [-0.15, -0.1) is 0 Å². The Kier molecular flexibility index (Phi) is 3.52. The molecule has 46 valence electrons. The number of ether oxygens (including phenoxy) is 1. The Morgan fingerprint density at radius 1 is 1.88 bits per heavy atom. The topological polar surface area (TPSA) is 26.3 Å². The molecule has 3 heteroatoms. The lowest BCUT2D eigenvalue weighted by atomic mass is 10.4. The molecule has 0 spiro atoms.